The van der Waals surface area contributed by atoms with Gasteiger partial charge in [-0.15, -0.1) is 0 Å². The molecule has 8 heteroatoms. The molecule has 0 radical (unpaired) electrons. The normalized spacial score (nSPS) is 11.7. The Morgan fingerprint density at radius 2 is 2.22 bits per heavy atom. The van der Waals surface area contributed by atoms with Crippen LogP contribution in [-0.4, -0.2) is 28.4 Å². The van der Waals surface area contributed by atoms with Gasteiger partial charge >= 0.3 is 11.7 Å². The van der Waals surface area contributed by atoms with E-state index in [0.29, 0.717) is 6.29 Å². The quantitative estimate of drug-likeness (QED) is 0.499. The molecular weight excluding hydrogens is 266 g/mol. The molecule has 0 aliphatic rings. The number of hydrogen-bond acceptors (Lipinski definition) is 5. The fraction of sp³-hybridized carbons (Fsp3) is 0.200. The van der Waals surface area contributed by atoms with E-state index in [9.17, 15) is 19.7 Å². The number of halogens is 1. The largest absolute Gasteiger partial charge is 0.479 e. The van der Waals surface area contributed by atoms with Crippen molar-refractivity contribution in [3.8, 4) is 5.75 Å². The molecule has 0 saturated carbocycles. The predicted molar refractivity (Wildman–Crippen MR) is 61.2 cm³/mol. The van der Waals surface area contributed by atoms with Crippen molar-refractivity contribution in [2.24, 2.45) is 0 Å². The summed E-state index contributed by atoms with van der Waals surface area (Å²) in [6.45, 7) is 1.22. The third-order valence-electron chi connectivity index (χ3n) is 2.05. The number of nitro benzene ring substituents is 1. The summed E-state index contributed by atoms with van der Waals surface area (Å²) in [4.78, 5) is 31.2. The van der Waals surface area contributed by atoms with Gasteiger partial charge in [0.05, 0.1) is 9.95 Å². The third-order valence-corrected chi connectivity index (χ3v) is 2.38. The number of aliphatic carboxylic acids is 1. The number of ether oxygens (including phenoxy) is 1. The van der Waals surface area contributed by atoms with E-state index in [0.717, 1.165) is 12.1 Å². The van der Waals surface area contributed by atoms with Gasteiger partial charge in [0.2, 0.25) is 0 Å². The van der Waals surface area contributed by atoms with Crippen LogP contribution in [0.4, 0.5) is 5.69 Å². The highest BCUT2D eigenvalue weighted by atomic mass is 35.5. The highest BCUT2D eigenvalue weighted by molar-refractivity contribution is 6.33. The van der Waals surface area contributed by atoms with Gasteiger partial charge in [-0.1, -0.05) is 11.6 Å². The second-order valence-electron chi connectivity index (χ2n) is 3.31. The maximum atomic E-state index is 10.8. The van der Waals surface area contributed by atoms with Crippen LogP contribution in [0.3, 0.4) is 0 Å². The van der Waals surface area contributed by atoms with E-state index >= 15 is 0 Å². The number of benzene rings is 1. The predicted octanol–water partition coefficient (Wildman–Crippen LogP) is 1.91. The summed E-state index contributed by atoms with van der Waals surface area (Å²) in [5.41, 5.74) is -0.590. The van der Waals surface area contributed by atoms with Gasteiger partial charge in [-0.2, -0.15) is 0 Å². The molecule has 0 bridgehead atoms. The Hall–Kier alpha value is -2.15. The van der Waals surface area contributed by atoms with Crippen molar-refractivity contribution in [3.05, 3.63) is 32.8 Å². The van der Waals surface area contributed by atoms with Gasteiger partial charge in [0, 0.05) is 17.7 Å². The lowest BCUT2D eigenvalue weighted by Gasteiger charge is -2.11. The van der Waals surface area contributed by atoms with Gasteiger partial charge in [-0.25, -0.2) is 4.79 Å². The van der Waals surface area contributed by atoms with Gasteiger partial charge in [0.1, 0.15) is 0 Å². The van der Waals surface area contributed by atoms with E-state index in [2.05, 4.69) is 0 Å². The summed E-state index contributed by atoms with van der Waals surface area (Å²) in [6, 6.07) is 1.97. The van der Waals surface area contributed by atoms with Crippen LogP contribution >= 0.6 is 11.6 Å². The Kier molecular flexibility index (Phi) is 4.22. The van der Waals surface area contributed by atoms with Crippen LogP contribution in [0.1, 0.15) is 17.3 Å². The molecule has 96 valence electrons. The molecule has 0 aliphatic heterocycles. The average molecular weight is 274 g/mol. The molecule has 1 aromatic rings. The summed E-state index contributed by atoms with van der Waals surface area (Å²) in [5.74, 6) is -1.58. The van der Waals surface area contributed by atoms with Crippen LogP contribution in [0, 0.1) is 10.1 Å². The van der Waals surface area contributed by atoms with Crippen molar-refractivity contribution in [2.75, 3.05) is 0 Å². The molecular formula is C10H8ClNO6. The minimum atomic E-state index is -1.28. The molecule has 18 heavy (non-hydrogen) atoms. The highest BCUT2D eigenvalue weighted by Crippen LogP contribution is 2.33. The summed E-state index contributed by atoms with van der Waals surface area (Å²) >= 11 is 5.69. The maximum absolute atomic E-state index is 10.8. The van der Waals surface area contributed by atoms with Crippen LogP contribution in [0.5, 0.6) is 5.75 Å². The third kappa shape index (κ3) is 2.95. The Morgan fingerprint density at radius 1 is 1.61 bits per heavy atom. The van der Waals surface area contributed by atoms with Crippen molar-refractivity contribution >= 4 is 29.5 Å². The lowest BCUT2D eigenvalue weighted by Crippen LogP contribution is -2.23. The first-order valence-electron chi connectivity index (χ1n) is 4.69. The van der Waals surface area contributed by atoms with E-state index in [-0.39, 0.29) is 16.3 Å². The number of carboxylic acid groups (broad SMARTS) is 1. The lowest BCUT2D eigenvalue weighted by molar-refractivity contribution is -0.386. The first-order chi connectivity index (χ1) is 8.36. The number of nitrogens with zero attached hydrogens (tertiary/aromatic N) is 1. The van der Waals surface area contributed by atoms with Crippen molar-refractivity contribution in [2.45, 2.75) is 13.0 Å². The number of rotatable bonds is 5. The summed E-state index contributed by atoms with van der Waals surface area (Å²) in [5, 5.41) is 19.4. The van der Waals surface area contributed by atoms with Crippen LogP contribution in [0.25, 0.3) is 0 Å². The standard InChI is InChI=1S/C10H8ClNO6/c1-5(10(14)15)18-9-3-7(11)6(4-13)2-8(9)12(16)17/h2-5H,1H3,(H,14,15). The molecule has 7 nitrogen and oxygen atoms in total. The van der Waals surface area contributed by atoms with E-state index in [1.54, 1.807) is 0 Å². The Labute approximate surface area is 106 Å². The summed E-state index contributed by atoms with van der Waals surface area (Å²) in [7, 11) is 0. The molecule has 0 aliphatic carbocycles. The fourth-order valence-electron chi connectivity index (χ4n) is 1.13. The molecule has 1 N–H and O–H groups in total. The second-order valence-corrected chi connectivity index (χ2v) is 3.72. The van der Waals surface area contributed by atoms with Crippen LogP contribution in [0.15, 0.2) is 12.1 Å². The molecule has 1 rings (SSSR count). The van der Waals surface area contributed by atoms with Gasteiger partial charge in [0.25, 0.3) is 0 Å². The van der Waals surface area contributed by atoms with Gasteiger partial charge in [-0.3, -0.25) is 14.9 Å². The molecule has 0 aromatic heterocycles. The molecule has 1 aromatic carbocycles. The first kappa shape index (κ1) is 13.9. The average Bonchev–Trinajstić information content (AvgIpc) is 2.28. The van der Waals surface area contributed by atoms with Crippen molar-refractivity contribution in [1.29, 1.82) is 0 Å². The van der Waals surface area contributed by atoms with Crippen molar-refractivity contribution < 1.29 is 24.4 Å². The highest BCUT2D eigenvalue weighted by Gasteiger charge is 2.22. The van der Waals surface area contributed by atoms with Gasteiger partial charge in [0.15, 0.2) is 18.1 Å². The van der Waals surface area contributed by atoms with Crippen molar-refractivity contribution in [3.63, 3.8) is 0 Å². The molecule has 0 saturated heterocycles. The van der Waals surface area contributed by atoms with E-state index in [1.807, 2.05) is 0 Å². The minimum Gasteiger partial charge on any atom is -0.479 e. The maximum Gasteiger partial charge on any atom is 0.344 e. The topological polar surface area (TPSA) is 107 Å². The summed E-state index contributed by atoms with van der Waals surface area (Å²) < 4.78 is 4.91. The number of aldehydes is 1. The first-order valence-corrected chi connectivity index (χ1v) is 5.07. The molecule has 0 amide bonds. The minimum absolute atomic E-state index is 0.0526. The molecule has 1 atom stereocenters. The van der Waals surface area contributed by atoms with Gasteiger partial charge < -0.3 is 9.84 Å². The number of carbonyl (C=O) groups excluding carboxylic acids is 1. The lowest BCUT2D eigenvalue weighted by atomic mass is 10.2. The zero-order valence-corrected chi connectivity index (χ0v) is 9.88. The number of carbonyl (C=O) groups is 2. The molecule has 0 fully saturated rings. The number of hydrogen-bond donors (Lipinski definition) is 1. The second kappa shape index (κ2) is 5.46. The monoisotopic (exact) mass is 273 g/mol. The zero-order chi connectivity index (χ0) is 13.9. The van der Waals surface area contributed by atoms with Crippen LogP contribution < -0.4 is 4.74 Å². The zero-order valence-electron chi connectivity index (χ0n) is 9.12. The number of carboxylic acids is 1. The van der Waals surface area contributed by atoms with Crippen LogP contribution in [0.2, 0.25) is 5.02 Å². The number of nitro groups is 1. The molecule has 1 unspecified atom stereocenters. The smallest absolute Gasteiger partial charge is 0.344 e. The van der Waals surface area contributed by atoms with E-state index < -0.39 is 22.7 Å². The Morgan fingerprint density at radius 3 is 2.67 bits per heavy atom. The van der Waals surface area contributed by atoms with Crippen molar-refractivity contribution in [1.82, 2.24) is 0 Å². The Bertz CT molecular complexity index is 515. The Balaban J connectivity index is 3.25. The van der Waals surface area contributed by atoms with Gasteiger partial charge in [-0.05, 0) is 6.92 Å². The molecule has 0 spiro atoms. The van der Waals surface area contributed by atoms with E-state index in [1.165, 1.54) is 6.92 Å². The fourth-order valence-corrected chi connectivity index (χ4v) is 1.33. The SMILES string of the molecule is CC(Oc1cc(Cl)c(C=O)cc1[N+](=O)[O-])C(=O)O. The van der Waals surface area contributed by atoms with E-state index in [4.69, 9.17) is 21.4 Å². The molecule has 0 heterocycles. The van der Waals surface area contributed by atoms with Crippen LogP contribution in [-0.2, 0) is 4.79 Å². The summed E-state index contributed by atoms with van der Waals surface area (Å²) in [6.07, 6.45) is -0.915.